The molecule has 1 heterocycles. The highest BCUT2D eigenvalue weighted by Gasteiger charge is 2.19. The summed E-state index contributed by atoms with van der Waals surface area (Å²) in [5, 5.41) is 10.8. The summed E-state index contributed by atoms with van der Waals surface area (Å²) in [5.41, 5.74) is 6.98. The standard InChI is InChI=1S/C13H16N4O4/c1-3-21-13(18)9(14)7-12-15-10-6-8(17(19)20)4-5-11(10)16(12)2/h4-6,9H,3,7,14H2,1-2H3/t9-/m0/s1. The second-order valence-electron chi connectivity index (χ2n) is 4.58. The Morgan fingerprint density at radius 1 is 1.57 bits per heavy atom. The SMILES string of the molecule is CCOC(=O)[C@@H](N)Cc1nc2cc([N+](=O)[O-])ccc2n1C. The van der Waals surface area contributed by atoms with Crippen molar-refractivity contribution in [1.82, 2.24) is 9.55 Å². The molecule has 1 atom stereocenters. The van der Waals surface area contributed by atoms with Crippen LogP contribution in [-0.4, -0.2) is 33.1 Å². The van der Waals surface area contributed by atoms with Crippen LogP contribution in [0.15, 0.2) is 18.2 Å². The lowest BCUT2D eigenvalue weighted by Gasteiger charge is -2.10. The topological polar surface area (TPSA) is 113 Å². The Balaban J connectivity index is 2.30. The zero-order valence-corrected chi connectivity index (χ0v) is 11.8. The van der Waals surface area contributed by atoms with Crippen molar-refractivity contribution in [2.75, 3.05) is 6.61 Å². The van der Waals surface area contributed by atoms with Crippen LogP contribution in [0.1, 0.15) is 12.7 Å². The molecule has 0 amide bonds. The van der Waals surface area contributed by atoms with Gasteiger partial charge in [0.25, 0.3) is 5.69 Å². The summed E-state index contributed by atoms with van der Waals surface area (Å²) in [7, 11) is 1.77. The molecule has 0 fully saturated rings. The van der Waals surface area contributed by atoms with Gasteiger partial charge in [-0.2, -0.15) is 0 Å². The Labute approximate surface area is 120 Å². The van der Waals surface area contributed by atoms with Gasteiger partial charge in [0.15, 0.2) is 0 Å². The third-order valence-electron chi connectivity index (χ3n) is 3.16. The number of carbonyl (C=O) groups is 1. The van der Waals surface area contributed by atoms with Crippen molar-refractivity contribution in [2.45, 2.75) is 19.4 Å². The first-order valence-corrected chi connectivity index (χ1v) is 6.46. The van der Waals surface area contributed by atoms with Crippen LogP contribution in [0.5, 0.6) is 0 Å². The number of imidazole rings is 1. The Kier molecular flexibility index (Phi) is 4.18. The van der Waals surface area contributed by atoms with E-state index >= 15 is 0 Å². The van der Waals surface area contributed by atoms with Gasteiger partial charge in [-0.3, -0.25) is 14.9 Å². The third-order valence-corrected chi connectivity index (χ3v) is 3.16. The summed E-state index contributed by atoms with van der Waals surface area (Å²) in [5.74, 6) is 0.0848. The molecule has 21 heavy (non-hydrogen) atoms. The number of benzene rings is 1. The molecule has 0 aliphatic carbocycles. The lowest BCUT2D eigenvalue weighted by atomic mass is 10.2. The van der Waals surface area contributed by atoms with E-state index in [1.807, 2.05) is 0 Å². The van der Waals surface area contributed by atoms with E-state index in [0.717, 1.165) is 5.52 Å². The quantitative estimate of drug-likeness (QED) is 0.498. The highest BCUT2D eigenvalue weighted by atomic mass is 16.6. The normalized spacial score (nSPS) is 12.3. The number of nitro groups is 1. The first-order chi connectivity index (χ1) is 9.93. The van der Waals surface area contributed by atoms with Gasteiger partial charge in [-0.15, -0.1) is 0 Å². The van der Waals surface area contributed by atoms with Crippen LogP contribution < -0.4 is 5.73 Å². The van der Waals surface area contributed by atoms with Crippen LogP contribution in [0.25, 0.3) is 11.0 Å². The number of esters is 1. The van der Waals surface area contributed by atoms with Crippen molar-refractivity contribution >= 4 is 22.7 Å². The van der Waals surface area contributed by atoms with E-state index in [2.05, 4.69) is 4.98 Å². The number of nitrogens with two attached hydrogens (primary N) is 1. The van der Waals surface area contributed by atoms with Gasteiger partial charge in [0, 0.05) is 25.6 Å². The van der Waals surface area contributed by atoms with Crippen molar-refractivity contribution in [3.05, 3.63) is 34.1 Å². The predicted molar refractivity (Wildman–Crippen MR) is 75.7 cm³/mol. The minimum absolute atomic E-state index is 0.0261. The van der Waals surface area contributed by atoms with E-state index in [0.29, 0.717) is 11.3 Å². The zero-order chi connectivity index (χ0) is 15.6. The number of nitrogens with zero attached hydrogens (tertiary/aromatic N) is 3. The largest absolute Gasteiger partial charge is 0.465 e. The number of hydrogen-bond acceptors (Lipinski definition) is 6. The van der Waals surface area contributed by atoms with Crippen LogP contribution in [0, 0.1) is 10.1 Å². The predicted octanol–water partition coefficient (Wildman–Crippen LogP) is 0.914. The molecule has 2 rings (SSSR count). The molecule has 0 bridgehead atoms. The number of ether oxygens (including phenoxy) is 1. The lowest BCUT2D eigenvalue weighted by Crippen LogP contribution is -2.35. The number of nitro benzene ring substituents is 1. The number of hydrogen-bond donors (Lipinski definition) is 1. The summed E-state index contributed by atoms with van der Waals surface area (Å²) in [6.07, 6.45) is 0.206. The zero-order valence-electron chi connectivity index (χ0n) is 11.8. The van der Waals surface area contributed by atoms with Gasteiger partial charge in [0.2, 0.25) is 0 Å². The van der Waals surface area contributed by atoms with E-state index in [9.17, 15) is 14.9 Å². The molecule has 0 spiro atoms. The maximum atomic E-state index is 11.5. The summed E-state index contributed by atoms with van der Waals surface area (Å²) in [6, 6.07) is 3.63. The molecule has 0 radical (unpaired) electrons. The molecule has 2 N–H and O–H groups in total. The molecular formula is C13H16N4O4. The Bertz CT molecular complexity index is 695. The summed E-state index contributed by atoms with van der Waals surface area (Å²) in [6.45, 7) is 1.97. The Hall–Kier alpha value is -2.48. The molecule has 0 aliphatic rings. The average molecular weight is 292 g/mol. The van der Waals surface area contributed by atoms with Gasteiger partial charge in [0.1, 0.15) is 11.9 Å². The molecule has 1 aromatic carbocycles. The second-order valence-corrected chi connectivity index (χ2v) is 4.58. The van der Waals surface area contributed by atoms with Crippen LogP contribution in [0.4, 0.5) is 5.69 Å². The lowest BCUT2D eigenvalue weighted by molar-refractivity contribution is -0.384. The summed E-state index contributed by atoms with van der Waals surface area (Å²) >= 11 is 0. The number of aromatic nitrogens is 2. The smallest absolute Gasteiger partial charge is 0.323 e. The van der Waals surface area contributed by atoms with Gasteiger partial charge in [-0.1, -0.05) is 0 Å². The second kappa shape index (κ2) is 5.88. The first-order valence-electron chi connectivity index (χ1n) is 6.46. The average Bonchev–Trinajstić information content (AvgIpc) is 2.75. The molecule has 8 nitrogen and oxygen atoms in total. The van der Waals surface area contributed by atoms with E-state index in [1.54, 1.807) is 24.6 Å². The maximum absolute atomic E-state index is 11.5. The van der Waals surface area contributed by atoms with Crippen molar-refractivity contribution in [2.24, 2.45) is 12.8 Å². The first kappa shape index (κ1) is 14.9. The van der Waals surface area contributed by atoms with Gasteiger partial charge in [0.05, 0.1) is 22.6 Å². The Morgan fingerprint density at radius 2 is 2.29 bits per heavy atom. The van der Waals surface area contributed by atoms with Crippen LogP contribution in [0.2, 0.25) is 0 Å². The van der Waals surface area contributed by atoms with Crippen LogP contribution in [-0.2, 0) is 23.0 Å². The van der Waals surface area contributed by atoms with Gasteiger partial charge in [-0.05, 0) is 13.0 Å². The van der Waals surface area contributed by atoms with Crippen LogP contribution >= 0.6 is 0 Å². The van der Waals surface area contributed by atoms with E-state index in [-0.39, 0.29) is 18.7 Å². The molecule has 0 unspecified atom stereocenters. The fourth-order valence-electron chi connectivity index (χ4n) is 2.06. The number of carbonyl (C=O) groups excluding carboxylic acids is 1. The van der Waals surface area contributed by atoms with E-state index in [1.165, 1.54) is 12.1 Å². The fraction of sp³-hybridized carbons (Fsp3) is 0.385. The maximum Gasteiger partial charge on any atom is 0.323 e. The molecule has 1 aromatic heterocycles. The highest BCUT2D eigenvalue weighted by Crippen LogP contribution is 2.21. The van der Waals surface area contributed by atoms with Crippen molar-refractivity contribution in [1.29, 1.82) is 0 Å². The minimum atomic E-state index is -0.810. The molecular weight excluding hydrogens is 276 g/mol. The fourth-order valence-corrected chi connectivity index (χ4v) is 2.06. The van der Waals surface area contributed by atoms with Gasteiger partial charge >= 0.3 is 5.97 Å². The molecule has 8 heteroatoms. The van der Waals surface area contributed by atoms with Crippen molar-refractivity contribution in [3.8, 4) is 0 Å². The van der Waals surface area contributed by atoms with Gasteiger partial charge < -0.3 is 15.0 Å². The summed E-state index contributed by atoms with van der Waals surface area (Å²) in [4.78, 5) is 26.1. The number of aryl methyl sites for hydroxylation is 1. The molecule has 0 saturated carbocycles. The van der Waals surface area contributed by atoms with Crippen molar-refractivity contribution < 1.29 is 14.5 Å². The number of non-ortho nitro benzene ring substituents is 1. The highest BCUT2D eigenvalue weighted by molar-refractivity contribution is 5.79. The van der Waals surface area contributed by atoms with E-state index in [4.69, 9.17) is 10.5 Å². The van der Waals surface area contributed by atoms with Crippen molar-refractivity contribution in [3.63, 3.8) is 0 Å². The number of fused-ring (bicyclic) bond motifs is 1. The summed E-state index contributed by atoms with van der Waals surface area (Å²) < 4.78 is 6.61. The molecule has 0 saturated heterocycles. The molecule has 2 aromatic rings. The minimum Gasteiger partial charge on any atom is -0.465 e. The van der Waals surface area contributed by atoms with E-state index < -0.39 is 16.9 Å². The molecule has 112 valence electrons. The Morgan fingerprint density at radius 3 is 2.90 bits per heavy atom. The van der Waals surface area contributed by atoms with Gasteiger partial charge in [-0.25, -0.2) is 4.98 Å². The number of rotatable bonds is 5. The monoisotopic (exact) mass is 292 g/mol. The third kappa shape index (κ3) is 3.00. The molecule has 0 aliphatic heterocycles. The van der Waals surface area contributed by atoms with Crippen LogP contribution in [0.3, 0.4) is 0 Å².